The van der Waals surface area contributed by atoms with Crippen LogP contribution in [0.2, 0.25) is 0 Å². The monoisotopic (exact) mass is 558 g/mol. The van der Waals surface area contributed by atoms with Crippen LogP contribution in [0.15, 0.2) is 0 Å². The van der Waals surface area contributed by atoms with Gasteiger partial charge in [0.25, 0.3) is 0 Å². The molecule has 0 spiro atoms. The first-order valence-corrected chi connectivity index (χ1v) is 16.2. The maximum Gasteiger partial charge on any atom is 0.335 e. The molecular formula is C32H62O7. The van der Waals surface area contributed by atoms with Crippen LogP contribution >= 0.6 is 0 Å². The molecule has 0 aromatic heterocycles. The van der Waals surface area contributed by atoms with E-state index in [4.69, 9.17) is 19.3 Å². The van der Waals surface area contributed by atoms with E-state index >= 15 is 0 Å². The summed E-state index contributed by atoms with van der Waals surface area (Å²) in [6, 6.07) is 0. The van der Waals surface area contributed by atoms with Crippen LogP contribution in [-0.2, 0) is 23.8 Å². The van der Waals surface area contributed by atoms with Gasteiger partial charge in [-0.3, -0.25) is 0 Å². The largest absolute Gasteiger partial charge is 0.480 e. The zero-order valence-corrected chi connectivity index (χ0v) is 25.5. The lowest BCUT2D eigenvalue weighted by molar-refractivity contribution is -0.171. The van der Waals surface area contributed by atoms with Crippen molar-refractivity contribution in [2.75, 3.05) is 33.0 Å². The average Bonchev–Trinajstić information content (AvgIpc) is 2.91. The van der Waals surface area contributed by atoms with Crippen LogP contribution in [0.4, 0.5) is 0 Å². The summed E-state index contributed by atoms with van der Waals surface area (Å²) in [5.74, 6) is -1.87. The summed E-state index contributed by atoms with van der Waals surface area (Å²) >= 11 is 0. The molecule has 0 heterocycles. The summed E-state index contributed by atoms with van der Waals surface area (Å²) in [5, 5.41) is 18.8. The molecule has 0 unspecified atom stereocenters. The fourth-order valence-electron chi connectivity index (χ4n) is 5.02. The van der Waals surface area contributed by atoms with Gasteiger partial charge < -0.3 is 24.4 Å². The lowest BCUT2D eigenvalue weighted by Gasteiger charge is -2.30. The van der Waals surface area contributed by atoms with Crippen LogP contribution in [0, 0.1) is 0 Å². The Balaban J connectivity index is 4.43. The van der Waals surface area contributed by atoms with E-state index in [2.05, 4.69) is 13.8 Å². The third-order valence-corrected chi connectivity index (χ3v) is 7.46. The van der Waals surface area contributed by atoms with Gasteiger partial charge in [-0.1, -0.05) is 129 Å². The van der Waals surface area contributed by atoms with Crippen molar-refractivity contribution in [1.82, 2.24) is 0 Å². The van der Waals surface area contributed by atoms with E-state index in [1.807, 2.05) is 0 Å². The fourth-order valence-corrected chi connectivity index (χ4v) is 5.02. The van der Waals surface area contributed by atoms with Crippen molar-refractivity contribution in [3.8, 4) is 0 Å². The molecule has 0 fully saturated rings. The molecule has 0 aliphatic heterocycles. The van der Waals surface area contributed by atoms with Gasteiger partial charge in [0, 0.05) is 0 Å². The van der Waals surface area contributed by atoms with Crippen molar-refractivity contribution in [2.45, 2.75) is 161 Å². The molecule has 2 N–H and O–H groups in total. The molecular weight excluding hydrogens is 496 g/mol. The molecule has 7 heteroatoms. The van der Waals surface area contributed by atoms with Crippen molar-refractivity contribution in [2.24, 2.45) is 0 Å². The van der Waals surface area contributed by atoms with Crippen molar-refractivity contribution >= 4 is 11.9 Å². The Morgan fingerprint density at radius 2 is 0.872 bits per heavy atom. The van der Waals surface area contributed by atoms with Gasteiger partial charge in [-0.15, -0.1) is 0 Å². The molecule has 0 bridgehead atoms. The molecule has 0 amide bonds. The average molecular weight is 559 g/mol. The third kappa shape index (κ3) is 24.3. The number of aliphatic carboxylic acids is 2. The highest BCUT2D eigenvalue weighted by molar-refractivity contribution is 5.77. The Morgan fingerprint density at radius 3 is 1.26 bits per heavy atom. The highest BCUT2D eigenvalue weighted by Gasteiger charge is 2.38. The Hall–Kier alpha value is -1.18. The summed E-state index contributed by atoms with van der Waals surface area (Å²) in [6.07, 6.45) is 25.4. The van der Waals surface area contributed by atoms with Crippen LogP contribution in [0.1, 0.15) is 155 Å². The Morgan fingerprint density at radius 1 is 0.513 bits per heavy atom. The van der Waals surface area contributed by atoms with Crippen LogP contribution < -0.4 is 0 Å². The highest BCUT2D eigenvalue weighted by Crippen LogP contribution is 2.28. The summed E-state index contributed by atoms with van der Waals surface area (Å²) in [5.41, 5.74) is -1.15. The SMILES string of the molecule is CCCCCCCCCCCCC(CCCCCCCCCCCC)(OCCOCCOCC(=O)O)C(=O)O. The molecule has 0 aromatic carbocycles. The number of carbonyl (C=O) groups is 2. The van der Waals surface area contributed by atoms with E-state index in [9.17, 15) is 14.7 Å². The molecule has 0 aliphatic carbocycles. The summed E-state index contributed by atoms with van der Waals surface area (Å²) in [4.78, 5) is 22.9. The van der Waals surface area contributed by atoms with Gasteiger partial charge in [0.1, 0.15) is 6.61 Å². The first-order chi connectivity index (χ1) is 19.0. The van der Waals surface area contributed by atoms with Gasteiger partial charge in [-0.2, -0.15) is 0 Å². The molecule has 0 saturated heterocycles. The predicted octanol–water partition coefficient (Wildman–Crippen LogP) is 8.57. The smallest absolute Gasteiger partial charge is 0.335 e. The number of ether oxygens (including phenoxy) is 3. The highest BCUT2D eigenvalue weighted by atomic mass is 16.6. The Labute approximate surface area is 239 Å². The first-order valence-electron chi connectivity index (χ1n) is 16.2. The number of unbranched alkanes of at least 4 members (excludes halogenated alkanes) is 18. The molecule has 0 aromatic rings. The normalized spacial score (nSPS) is 11.7. The van der Waals surface area contributed by atoms with Crippen molar-refractivity contribution in [3.05, 3.63) is 0 Å². The molecule has 39 heavy (non-hydrogen) atoms. The van der Waals surface area contributed by atoms with Crippen LogP contribution in [0.25, 0.3) is 0 Å². The lowest BCUT2D eigenvalue weighted by atomic mass is 9.89. The molecule has 7 nitrogen and oxygen atoms in total. The van der Waals surface area contributed by atoms with E-state index in [1.54, 1.807) is 0 Å². The number of hydrogen-bond donors (Lipinski definition) is 2. The summed E-state index contributed by atoms with van der Waals surface area (Å²) in [7, 11) is 0. The minimum atomic E-state index is -1.15. The quantitative estimate of drug-likeness (QED) is 0.0797. The number of rotatable bonds is 32. The molecule has 0 radical (unpaired) electrons. The Bertz CT molecular complexity index is 529. The predicted molar refractivity (Wildman–Crippen MR) is 159 cm³/mol. The van der Waals surface area contributed by atoms with Crippen LogP contribution in [0.3, 0.4) is 0 Å². The second kappa shape index (κ2) is 28.4. The van der Waals surface area contributed by atoms with Crippen LogP contribution in [0.5, 0.6) is 0 Å². The fraction of sp³-hybridized carbons (Fsp3) is 0.938. The van der Waals surface area contributed by atoms with Crippen LogP contribution in [-0.4, -0.2) is 60.8 Å². The van der Waals surface area contributed by atoms with E-state index in [1.165, 1.54) is 89.9 Å². The maximum atomic E-state index is 12.4. The molecule has 0 atom stereocenters. The first kappa shape index (κ1) is 37.8. The number of hydrogen-bond acceptors (Lipinski definition) is 5. The van der Waals surface area contributed by atoms with E-state index in [0.717, 1.165) is 38.5 Å². The van der Waals surface area contributed by atoms with Gasteiger partial charge >= 0.3 is 11.9 Å². The van der Waals surface area contributed by atoms with Gasteiger partial charge in [0.05, 0.1) is 26.4 Å². The van der Waals surface area contributed by atoms with Crippen molar-refractivity contribution < 1.29 is 34.0 Å². The second-order valence-electron chi connectivity index (χ2n) is 11.1. The van der Waals surface area contributed by atoms with Crippen molar-refractivity contribution in [3.63, 3.8) is 0 Å². The van der Waals surface area contributed by atoms with Gasteiger partial charge in [-0.05, 0) is 25.7 Å². The molecule has 0 aliphatic rings. The minimum absolute atomic E-state index is 0.188. The van der Waals surface area contributed by atoms with E-state index < -0.39 is 17.5 Å². The standard InChI is InChI=1S/C32H62O7/c1-3-5-7-9-11-13-15-17-19-21-23-32(31(35)36,39-28-27-37-25-26-38-29-30(33)34)24-22-20-18-16-14-12-10-8-6-4-2/h3-29H2,1-2H3,(H,33,34)(H,35,36). The molecule has 0 rings (SSSR count). The summed E-state index contributed by atoms with van der Waals surface area (Å²) in [6.45, 7) is 5.05. The Kier molecular flexibility index (Phi) is 27.5. The van der Waals surface area contributed by atoms with E-state index in [0.29, 0.717) is 12.8 Å². The van der Waals surface area contributed by atoms with Gasteiger partial charge in [-0.25, -0.2) is 9.59 Å². The van der Waals surface area contributed by atoms with Crippen molar-refractivity contribution in [1.29, 1.82) is 0 Å². The maximum absolute atomic E-state index is 12.4. The number of carboxylic acid groups (broad SMARTS) is 2. The zero-order chi connectivity index (χ0) is 28.9. The van der Waals surface area contributed by atoms with Gasteiger partial charge in [0.15, 0.2) is 5.60 Å². The topological polar surface area (TPSA) is 102 Å². The molecule has 0 saturated carbocycles. The van der Waals surface area contributed by atoms with E-state index in [-0.39, 0.29) is 33.0 Å². The molecule has 232 valence electrons. The zero-order valence-electron chi connectivity index (χ0n) is 25.5. The minimum Gasteiger partial charge on any atom is -0.480 e. The lowest BCUT2D eigenvalue weighted by Crippen LogP contribution is -2.42. The van der Waals surface area contributed by atoms with Gasteiger partial charge in [0.2, 0.25) is 0 Å². The number of carboxylic acids is 2. The third-order valence-electron chi connectivity index (χ3n) is 7.46. The second-order valence-corrected chi connectivity index (χ2v) is 11.1. The summed E-state index contributed by atoms with van der Waals surface area (Å²) < 4.78 is 16.5.